The van der Waals surface area contributed by atoms with Crippen LogP contribution in [0.15, 0.2) is 53.1 Å². The summed E-state index contributed by atoms with van der Waals surface area (Å²) < 4.78 is 11.9. The maximum atomic E-state index is 12.9. The molecule has 0 aliphatic rings. The Labute approximate surface area is 181 Å². The smallest absolute Gasteiger partial charge is 0.248 e. The topological polar surface area (TPSA) is 64.4 Å². The summed E-state index contributed by atoms with van der Waals surface area (Å²) in [7, 11) is 0. The van der Waals surface area contributed by atoms with Crippen molar-refractivity contribution in [3.63, 3.8) is 0 Å². The molecular formula is C26H26N2O3. The first kappa shape index (κ1) is 20.7. The van der Waals surface area contributed by atoms with Gasteiger partial charge < -0.3 is 14.5 Å². The Morgan fingerprint density at radius 2 is 1.94 bits per heavy atom. The molecule has 5 heteroatoms. The normalized spacial score (nSPS) is 11.8. The van der Waals surface area contributed by atoms with Crippen LogP contribution in [0, 0.1) is 20.8 Å². The first-order valence-electron chi connectivity index (χ1n) is 10.4. The SMILES string of the molecule is CCOc1c(/C(C)=C/C(=O)Nc2cccc3ncccc23)cc2c(C)c(C)oc2c1C. The molecule has 4 aromatic rings. The summed E-state index contributed by atoms with van der Waals surface area (Å²) in [5.74, 6) is 1.44. The molecule has 0 saturated heterocycles. The average Bonchev–Trinajstić information content (AvgIpc) is 3.04. The molecule has 31 heavy (non-hydrogen) atoms. The van der Waals surface area contributed by atoms with Crippen LogP contribution in [-0.4, -0.2) is 17.5 Å². The fourth-order valence-electron chi connectivity index (χ4n) is 3.89. The quantitative estimate of drug-likeness (QED) is 0.387. The van der Waals surface area contributed by atoms with Crippen LogP contribution >= 0.6 is 0 Å². The summed E-state index contributed by atoms with van der Waals surface area (Å²) in [5.41, 5.74) is 6.17. The molecule has 1 amide bonds. The Bertz CT molecular complexity index is 1330. The molecule has 158 valence electrons. The van der Waals surface area contributed by atoms with Gasteiger partial charge in [-0.05, 0) is 76.1 Å². The van der Waals surface area contributed by atoms with Gasteiger partial charge in [0.15, 0.2) is 0 Å². The van der Waals surface area contributed by atoms with Gasteiger partial charge in [-0.2, -0.15) is 0 Å². The summed E-state index contributed by atoms with van der Waals surface area (Å²) in [6, 6.07) is 11.6. The molecule has 5 nitrogen and oxygen atoms in total. The number of rotatable bonds is 5. The van der Waals surface area contributed by atoms with Crippen molar-refractivity contribution in [2.45, 2.75) is 34.6 Å². The number of carbonyl (C=O) groups is 1. The highest BCUT2D eigenvalue weighted by atomic mass is 16.5. The Morgan fingerprint density at radius 1 is 1.13 bits per heavy atom. The van der Waals surface area contributed by atoms with Crippen molar-refractivity contribution >= 4 is 39.0 Å². The minimum Gasteiger partial charge on any atom is -0.493 e. The lowest BCUT2D eigenvalue weighted by Crippen LogP contribution is -2.09. The monoisotopic (exact) mass is 414 g/mol. The molecule has 2 heterocycles. The molecule has 0 saturated carbocycles. The van der Waals surface area contributed by atoms with E-state index < -0.39 is 0 Å². The second-order valence-electron chi connectivity index (χ2n) is 7.66. The van der Waals surface area contributed by atoms with Gasteiger partial charge in [-0.1, -0.05) is 6.07 Å². The average molecular weight is 415 g/mol. The summed E-state index contributed by atoms with van der Waals surface area (Å²) in [6.45, 7) is 10.4. The van der Waals surface area contributed by atoms with E-state index in [2.05, 4.69) is 16.4 Å². The first-order valence-corrected chi connectivity index (χ1v) is 10.4. The lowest BCUT2D eigenvalue weighted by atomic mass is 9.98. The van der Waals surface area contributed by atoms with Gasteiger partial charge in [0.2, 0.25) is 5.91 Å². The molecule has 1 N–H and O–H groups in total. The molecule has 2 aromatic carbocycles. The minimum atomic E-state index is -0.200. The van der Waals surface area contributed by atoms with Crippen molar-refractivity contribution in [1.29, 1.82) is 0 Å². The Morgan fingerprint density at radius 3 is 2.71 bits per heavy atom. The van der Waals surface area contributed by atoms with Crippen molar-refractivity contribution < 1.29 is 13.9 Å². The number of aromatic nitrogens is 1. The van der Waals surface area contributed by atoms with E-state index in [9.17, 15) is 4.79 Å². The van der Waals surface area contributed by atoms with Gasteiger partial charge >= 0.3 is 0 Å². The molecule has 0 aliphatic carbocycles. The third kappa shape index (κ3) is 3.79. The number of benzene rings is 2. The molecule has 0 fully saturated rings. The van der Waals surface area contributed by atoms with Gasteiger partial charge in [0, 0.05) is 34.2 Å². The van der Waals surface area contributed by atoms with E-state index in [4.69, 9.17) is 9.15 Å². The number of aryl methyl sites for hydroxylation is 3. The first-order chi connectivity index (χ1) is 14.9. The number of fused-ring (bicyclic) bond motifs is 2. The molecule has 0 radical (unpaired) electrons. The number of pyridine rings is 1. The largest absolute Gasteiger partial charge is 0.493 e. The summed E-state index contributed by atoms with van der Waals surface area (Å²) in [6.07, 6.45) is 3.35. The van der Waals surface area contributed by atoms with E-state index in [1.165, 1.54) is 0 Å². The number of anilines is 1. The summed E-state index contributed by atoms with van der Waals surface area (Å²) >= 11 is 0. The highest BCUT2D eigenvalue weighted by Crippen LogP contribution is 2.39. The molecular weight excluding hydrogens is 388 g/mol. The van der Waals surface area contributed by atoms with Gasteiger partial charge in [0.05, 0.1) is 17.8 Å². The highest BCUT2D eigenvalue weighted by Gasteiger charge is 2.19. The maximum absolute atomic E-state index is 12.9. The molecule has 0 bridgehead atoms. The van der Waals surface area contributed by atoms with Crippen LogP contribution in [0.3, 0.4) is 0 Å². The third-order valence-corrected chi connectivity index (χ3v) is 5.61. The van der Waals surface area contributed by atoms with Gasteiger partial charge in [0.25, 0.3) is 0 Å². The maximum Gasteiger partial charge on any atom is 0.248 e. The fourth-order valence-corrected chi connectivity index (χ4v) is 3.89. The lowest BCUT2D eigenvalue weighted by Gasteiger charge is -2.15. The number of ether oxygens (including phenoxy) is 1. The van der Waals surface area contributed by atoms with E-state index in [1.807, 2.05) is 65.0 Å². The minimum absolute atomic E-state index is 0.200. The number of hydrogen-bond donors (Lipinski definition) is 1. The highest BCUT2D eigenvalue weighted by molar-refractivity contribution is 6.08. The van der Waals surface area contributed by atoms with E-state index in [0.717, 1.165) is 61.3 Å². The van der Waals surface area contributed by atoms with E-state index in [0.29, 0.717) is 6.61 Å². The molecule has 0 unspecified atom stereocenters. The van der Waals surface area contributed by atoms with E-state index in [-0.39, 0.29) is 5.91 Å². The van der Waals surface area contributed by atoms with Crippen LogP contribution in [0.1, 0.15) is 36.3 Å². The molecule has 0 atom stereocenters. The van der Waals surface area contributed by atoms with Crippen LogP contribution < -0.4 is 10.1 Å². The van der Waals surface area contributed by atoms with Gasteiger partial charge in [-0.15, -0.1) is 0 Å². The zero-order valence-corrected chi connectivity index (χ0v) is 18.5. The van der Waals surface area contributed by atoms with Gasteiger partial charge in [-0.25, -0.2) is 0 Å². The predicted molar refractivity (Wildman–Crippen MR) is 126 cm³/mol. The van der Waals surface area contributed by atoms with Crippen molar-refractivity contribution in [2.75, 3.05) is 11.9 Å². The van der Waals surface area contributed by atoms with Gasteiger partial charge in [-0.3, -0.25) is 9.78 Å². The molecule has 2 aromatic heterocycles. The van der Waals surface area contributed by atoms with Crippen LogP contribution in [0.25, 0.3) is 27.4 Å². The number of carbonyl (C=O) groups excluding carboxylic acids is 1. The summed E-state index contributed by atoms with van der Waals surface area (Å²) in [5, 5.41) is 4.94. The molecule has 0 spiro atoms. The number of furan rings is 1. The van der Waals surface area contributed by atoms with Crippen LogP contribution in [0.4, 0.5) is 5.69 Å². The number of hydrogen-bond acceptors (Lipinski definition) is 4. The Kier molecular flexibility index (Phi) is 5.51. The number of amides is 1. The van der Waals surface area contributed by atoms with E-state index in [1.54, 1.807) is 12.3 Å². The second kappa shape index (κ2) is 8.26. The van der Waals surface area contributed by atoms with Gasteiger partial charge in [0.1, 0.15) is 17.1 Å². The number of nitrogens with zero attached hydrogens (tertiary/aromatic N) is 1. The standard InChI is InChI=1S/C26H26N2O3/c1-6-30-25-17(4)26-21(16(3)18(5)31-26)14-20(25)15(2)13-24(29)28-23-11-7-10-22-19(23)9-8-12-27-22/h7-14H,6H2,1-5H3,(H,28,29)/b15-13+. The van der Waals surface area contributed by atoms with Crippen LogP contribution in [-0.2, 0) is 4.79 Å². The third-order valence-electron chi connectivity index (χ3n) is 5.61. The van der Waals surface area contributed by atoms with Crippen molar-refractivity contribution in [2.24, 2.45) is 0 Å². The van der Waals surface area contributed by atoms with E-state index >= 15 is 0 Å². The molecule has 0 aliphatic heterocycles. The van der Waals surface area contributed by atoms with Crippen molar-refractivity contribution in [3.8, 4) is 5.75 Å². The summed E-state index contributed by atoms with van der Waals surface area (Å²) in [4.78, 5) is 17.2. The Hall–Kier alpha value is -3.60. The zero-order valence-electron chi connectivity index (χ0n) is 18.5. The zero-order chi connectivity index (χ0) is 22.1. The van der Waals surface area contributed by atoms with Crippen LogP contribution in [0.2, 0.25) is 0 Å². The van der Waals surface area contributed by atoms with Crippen molar-refractivity contribution in [3.05, 3.63) is 71.1 Å². The fraction of sp³-hybridized carbons (Fsp3) is 0.231. The number of allylic oxidation sites excluding steroid dienone is 1. The predicted octanol–water partition coefficient (Wildman–Crippen LogP) is 6.35. The Balaban J connectivity index is 1.74. The second-order valence-corrected chi connectivity index (χ2v) is 7.66. The van der Waals surface area contributed by atoms with Crippen molar-refractivity contribution in [1.82, 2.24) is 4.98 Å². The van der Waals surface area contributed by atoms with Crippen LogP contribution in [0.5, 0.6) is 5.75 Å². The number of nitrogens with one attached hydrogen (secondary N) is 1. The lowest BCUT2D eigenvalue weighted by molar-refractivity contribution is -0.111. The molecule has 4 rings (SSSR count).